The van der Waals surface area contributed by atoms with Gasteiger partial charge in [-0.25, -0.2) is 0 Å². The number of aryl methyl sites for hydroxylation is 1. The van der Waals surface area contributed by atoms with Gasteiger partial charge in [0.25, 0.3) is 0 Å². The van der Waals surface area contributed by atoms with Gasteiger partial charge in [-0.1, -0.05) is 19.3 Å². The molecule has 7 nitrogen and oxygen atoms in total. The molecule has 1 N–H and O–H groups in total. The van der Waals surface area contributed by atoms with Gasteiger partial charge in [0.05, 0.1) is 18.4 Å². The van der Waals surface area contributed by atoms with Crippen molar-refractivity contribution >= 4 is 5.96 Å². The van der Waals surface area contributed by atoms with E-state index in [1.165, 1.54) is 37.7 Å². The van der Waals surface area contributed by atoms with E-state index in [4.69, 9.17) is 4.74 Å². The fraction of sp³-hybridized carbons (Fsp3) is 0.810. The highest BCUT2D eigenvalue weighted by Gasteiger charge is 2.42. The lowest BCUT2D eigenvalue weighted by Gasteiger charge is -2.51. The lowest BCUT2D eigenvalue weighted by atomic mass is 9.79. The average Bonchev–Trinajstić information content (AvgIpc) is 3.07. The first-order valence-electron chi connectivity index (χ1n) is 10.6. The fourth-order valence-electron chi connectivity index (χ4n) is 4.77. The van der Waals surface area contributed by atoms with Gasteiger partial charge < -0.3 is 15.0 Å². The van der Waals surface area contributed by atoms with Crippen LogP contribution in [0.25, 0.3) is 0 Å². The third kappa shape index (κ3) is 5.06. The van der Waals surface area contributed by atoms with Crippen LogP contribution in [0.15, 0.2) is 17.4 Å². The largest absolute Gasteiger partial charge is 0.373 e. The van der Waals surface area contributed by atoms with Gasteiger partial charge in [0.15, 0.2) is 5.96 Å². The molecular weight excluding hydrogens is 352 g/mol. The maximum absolute atomic E-state index is 5.98. The zero-order chi connectivity index (χ0) is 20.2. The summed E-state index contributed by atoms with van der Waals surface area (Å²) in [5, 5.41) is 7.97. The predicted octanol–water partition coefficient (Wildman–Crippen LogP) is 2.24. The van der Waals surface area contributed by atoms with Gasteiger partial charge in [0.2, 0.25) is 0 Å². The van der Waals surface area contributed by atoms with Crippen LogP contribution in [0.4, 0.5) is 0 Å². The summed E-state index contributed by atoms with van der Waals surface area (Å²) in [5.74, 6) is 0.946. The van der Waals surface area contributed by atoms with E-state index in [0.29, 0.717) is 0 Å². The van der Waals surface area contributed by atoms with E-state index in [1.807, 2.05) is 25.0 Å². The summed E-state index contributed by atoms with van der Waals surface area (Å²) >= 11 is 0. The molecular formula is C21H38N6O. The molecule has 2 aliphatic rings. The van der Waals surface area contributed by atoms with Gasteiger partial charge in [-0.2, -0.15) is 5.10 Å². The van der Waals surface area contributed by atoms with E-state index in [1.54, 1.807) is 0 Å². The lowest BCUT2D eigenvalue weighted by Crippen LogP contribution is -2.63. The van der Waals surface area contributed by atoms with Crippen molar-refractivity contribution < 1.29 is 4.74 Å². The van der Waals surface area contributed by atoms with Crippen molar-refractivity contribution in [2.45, 2.75) is 63.6 Å². The molecule has 1 saturated heterocycles. The Morgan fingerprint density at radius 2 is 2.07 bits per heavy atom. The Morgan fingerprint density at radius 3 is 2.68 bits per heavy atom. The minimum atomic E-state index is -0.0680. The molecule has 0 bridgehead atoms. The minimum Gasteiger partial charge on any atom is -0.373 e. The monoisotopic (exact) mass is 390 g/mol. The van der Waals surface area contributed by atoms with Crippen molar-refractivity contribution in [2.24, 2.45) is 12.0 Å². The molecule has 1 aromatic rings. The Kier molecular flexibility index (Phi) is 6.65. The molecule has 0 radical (unpaired) electrons. The van der Waals surface area contributed by atoms with Gasteiger partial charge in [0.1, 0.15) is 0 Å². The summed E-state index contributed by atoms with van der Waals surface area (Å²) in [5.41, 5.74) is 1.32. The molecule has 1 aliphatic heterocycles. The van der Waals surface area contributed by atoms with Gasteiger partial charge in [-0.15, -0.1) is 0 Å². The topological polar surface area (TPSA) is 57.9 Å². The van der Waals surface area contributed by atoms with E-state index < -0.39 is 0 Å². The number of hydrogen-bond acceptors (Lipinski definition) is 4. The molecule has 1 saturated carbocycles. The van der Waals surface area contributed by atoms with Crippen molar-refractivity contribution in [2.75, 3.05) is 40.3 Å². The second kappa shape index (κ2) is 8.82. The summed E-state index contributed by atoms with van der Waals surface area (Å²) in [6.45, 7) is 9.00. The maximum Gasteiger partial charge on any atom is 0.193 e. The van der Waals surface area contributed by atoms with Crippen LogP contribution in [0.2, 0.25) is 0 Å². The number of rotatable bonds is 5. The Balaban J connectivity index is 1.66. The van der Waals surface area contributed by atoms with Crippen molar-refractivity contribution in [3.63, 3.8) is 0 Å². The maximum atomic E-state index is 5.98. The third-order valence-corrected chi connectivity index (χ3v) is 6.21. The Hall–Kier alpha value is -1.60. The van der Waals surface area contributed by atoms with Crippen LogP contribution < -0.4 is 5.32 Å². The molecule has 1 aromatic heterocycles. The number of morpholine rings is 1. The van der Waals surface area contributed by atoms with Crippen LogP contribution in [0.5, 0.6) is 0 Å². The highest BCUT2D eigenvalue weighted by atomic mass is 16.5. The highest BCUT2D eigenvalue weighted by Crippen LogP contribution is 2.36. The van der Waals surface area contributed by atoms with Crippen molar-refractivity contribution in [3.8, 4) is 0 Å². The summed E-state index contributed by atoms with van der Waals surface area (Å²) in [6, 6.07) is 0. The van der Waals surface area contributed by atoms with Crippen LogP contribution in [0.3, 0.4) is 0 Å². The SMILES string of the molecule is CN=C(NCC1(N2CCOC(C)(C)C2)CCCCC1)N(C)Cc1cnn(C)c1. The van der Waals surface area contributed by atoms with Crippen LogP contribution in [0.1, 0.15) is 51.5 Å². The zero-order valence-corrected chi connectivity index (χ0v) is 18.4. The standard InChI is InChI=1S/C21H38N6O/c1-20(2)17-27(11-12-28-20)21(9-7-6-8-10-21)16-23-19(22-3)25(4)14-18-13-24-26(5)15-18/h13,15H,6-12,14,16-17H2,1-5H3,(H,22,23). The second-order valence-corrected chi connectivity index (χ2v) is 9.09. The fourth-order valence-corrected chi connectivity index (χ4v) is 4.77. The van der Waals surface area contributed by atoms with Crippen LogP contribution in [-0.2, 0) is 18.3 Å². The molecule has 7 heteroatoms. The number of aromatic nitrogens is 2. The first-order chi connectivity index (χ1) is 13.3. The summed E-state index contributed by atoms with van der Waals surface area (Å²) < 4.78 is 7.83. The van der Waals surface area contributed by atoms with Crippen molar-refractivity contribution in [3.05, 3.63) is 18.0 Å². The average molecular weight is 391 g/mol. The molecule has 1 aliphatic carbocycles. The Morgan fingerprint density at radius 1 is 1.32 bits per heavy atom. The summed E-state index contributed by atoms with van der Waals surface area (Å²) in [6.07, 6.45) is 10.4. The van der Waals surface area contributed by atoms with E-state index in [9.17, 15) is 0 Å². The van der Waals surface area contributed by atoms with E-state index in [0.717, 1.165) is 38.7 Å². The summed E-state index contributed by atoms with van der Waals surface area (Å²) in [7, 11) is 5.91. The molecule has 28 heavy (non-hydrogen) atoms. The molecule has 0 spiro atoms. The van der Waals surface area contributed by atoms with Gasteiger partial charge >= 0.3 is 0 Å². The molecule has 2 fully saturated rings. The normalized spacial score (nSPS) is 22.8. The number of guanidine groups is 1. The lowest BCUT2D eigenvalue weighted by molar-refractivity contribution is -0.122. The first kappa shape index (κ1) is 21.1. The zero-order valence-electron chi connectivity index (χ0n) is 18.4. The van der Waals surface area contributed by atoms with E-state index in [2.05, 4.69) is 52.3 Å². The van der Waals surface area contributed by atoms with Gasteiger partial charge in [0, 0.05) is 64.6 Å². The molecule has 0 unspecified atom stereocenters. The van der Waals surface area contributed by atoms with Crippen molar-refractivity contribution in [1.82, 2.24) is 24.9 Å². The molecule has 0 aromatic carbocycles. The number of aliphatic imine (C=N–C) groups is 1. The number of ether oxygens (including phenoxy) is 1. The molecule has 0 atom stereocenters. The molecule has 158 valence electrons. The van der Waals surface area contributed by atoms with Crippen molar-refractivity contribution in [1.29, 1.82) is 0 Å². The summed E-state index contributed by atoms with van der Waals surface area (Å²) in [4.78, 5) is 9.41. The van der Waals surface area contributed by atoms with Crippen LogP contribution in [0, 0.1) is 0 Å². The highest BCUT2D eigenvalue weighted by molar-refractivity contribution is 5.79. The first-order valence-corrected chi connectivity index (χ1v) is 10.6. The van der Waals surface area contributed by atoms with Crippen LogP contribution in [-0.4, -0.2) is 77.0 Å². The third-order valence-electron chi connectivity index (χ3n) is 6.21. The molecule has 2 heterocycles. The quantitative estimate of drug-likeness (QED) is 0.617. The van der Waals surface area contributed by atoms with Gasteiger partial charge in [-0.3, -0.25) is 14.6 Å². The van der Waals surface area contributed by atoms with Gasteiger partial charge in [-0.05, 0) is 26.7 Å². The molecule has 0 amide bonds. The van der Waals surface area contributed by atoms with E-state index in [-0.39, 0.29) is 11.1 Å². The Bertz CT molecular complexity index is 662. The van der Waals surface area contributed by atoms with E-state index >= 15 is 0 Å². The number of nitrogens with zero attached hydrogens (tertiary/aromatic N) is 5. The number of hydrogen-bond donors (Lipinski definition) is 1. The second-order valence-electron chi connectivity index (χ2n) is 9.09. The molecule has 3 rings (SSSR count). The minimum absolute atomic E-state index is 0.0680. The van der Waals surface area contributed by atoms with Crippen LogP contribution >= 0.6 is 0 Å². The number of nitrogens with one attached hydrogen (secondary N) is 1. The predicted molar refractivity (Wildman–Crippen MR) is 113 cm³/mol. The Labute approximate surface area is 170 Å². The smallest absolute Gasteiger partial charge is 0.193 e.